The molecule has 1 aliphatic carbocycles. The molecular weight excluding hydrogens is 292 g/mol. The minimum absolute atomic E-state index is 0.230. The Hall–Kier alpha value is -1.14. The van der Waals surface area contributed by atoms with E-state index in [0.29, 0.717) is 11.2 Å². The quantitative estimate of drug-likeness (QED) is 0.835. The lowest BCUT2D eigenvalue weighted by Gasteiger charge is -2.36. The number of rotatable bonds is 5. The van der Waals surface area contributed by atoms with Crippen LogP contribution in [0.25, 0.3) is 0 Å². The number of thiocarbonyl (C=S) groups is 1. The van der Waals surface area contributed by atoms with Gasteiger partial charge in [-0.25, -0.2) is 0 Å². The van der Waals surface area contributed by atoms with Gasteiger partial charge in [0.2, 0.25) is 0 Å². The summed E-state index contributed by atoms with van der Waals surface area (Å²) in [6.45, 7) is 0.522. The number of nitrogens with zero attached hydrogens (tertiary/aromatic N) is 1. The van der Waals surface area contributed by atoms with Gasteiger partial charge in [0.15, 0.2) is 5.11 Å². The van der Waals surface area contributed by atoms with Gasteiger partial charge in [-0.1, -0.05) is 25.3 Å². The van der Waals surface area contributed by atoms with Crippen LogP contribution < -0.4 is 10.4 Å². The fraction of sp³-hybridized carbons (Fsp3) is 0.571. The highest BCUT2D eigenvalue weighted by molar-refractivity contribution is 7.80. The topological polar surface area (TPSA) is 55.4 Å². The van der Waals surface area contributed by atoms with Crippen molar-refractivity contribution >= 4 is 34.6 Å². The average molecular weight is 311 g/mol. The zero-order chi connectivity index (χ0) is 14.4. The molecule has 20 heavy (non-hydrogen) atoms. The van der Waals surface area contributed by atoms with Gasteiger partial charge in [0.25, 0.3) is 0 Å². The molecular formula is C14H19N2O2S2-. The predicted molar refractivity (Wildman–Crippen MR) is 82.3 cm³/mol. The highest BCUT2D eigenvalue weighted by Gasteiger charge is 2.23. The Bertz CT molecular complexity index is 442. The fourth-order valence-corrected chi connectivity index (χ4v) is 3.57. The van der Waals surface area contributed by atoms with E-state index in [1.165, 1.54) is 24.1 Å². The Kier molecular flexibility index (Phi) is 5.79. The standard InChI is InChI=1S/C14H20N2O2S2/c17-13(18)9-15-14(19)16(10-12-7-4-8-20-12)11-5-2-1-3-6-11/h4,7-8,11H,1-3,5-6,9-10H2,(H,15,19)(H,17,18)/p-1. The van der Waals surface area contributed by atoms with Crippen LogP contribution in [0.4, 0.5) is 0 Å². The molecule has 0 bridgehead atoms. The van der Waals surface area contributed by atoms with Crippen LogP contribution in [0.2, 0.25) is 0 Å². The zero-order valence-corrected chi connectivity index (χ0v) is 13.0. The third-order valence-corrected chi connectivity index (χ3v) is 4.81. The van der Waals surface area contributed by atoms with E-state index in [2.05, 4.69) is 16.3 Å². The molecule has 110 valence electrons. The number of nitrogens with one attached hydrogen (secondary N) is 1. The molecule has 0 unspecified atom stereocenters. The predicted octanol–water partition coefficient (Wildman–Crippen LogP) is 1.51. The van der Waals surface area contributed by atoms with Crippen molar-refractivity contribution in [3.63, 3.8) is 0 Å². The molecule has 1 N–H and O–H groups in total. The minimum Gasteiger partial charge on any atom is -0.548 e. The Morgan fingerprint density at radius 3 is 2.80 bits per heavy atom. The summed E-state index contributed by atoms with van der Waals surface area (Å²) in [5, 5.41) is 15.9. The van der Waals surface area contributed by atoms with Crippen molar-refractivity contribution in [1.29, 1.82) is 0 Å². The van der Waals surface area contributed by atoms with Gasteiger partial charge in [-0.15, -0.1) is 11.3 Å². The van der Waals surface area contributed by atoms with Gasteiger partial charge in [-0.2, -0.15) is 0 Å². The van der Waals surface area contributed by atoms with Crippen LogP contribution in [0.15, 0.2) is 17.5 Å². The Labute approximate surface area is 128 Å². The Morgan fingerprint density at radius 2 is 2.20 bits per heavy atom. The maximum Gasteiger partial charge on any atom is 0.169 e. The first-order chi connectivity index (χ1) is 9.66. The molecule has 1 aromatic heterocycles. The second-order valence-corrected chi connectivity index (χ2v) is 6.45. The smallest absolute Gasteiger partial charge is 0.169 e. The molecule has 0 spiro atoms. The lowest BCUT2D eigenvalue weighted by atomic mass is 9.94. The number of thiophene rings is 1. The number of aliphatic carboxylic acids is 1. The molecule has 1 fully saturated rings. The van der Waals surface area contributed by atoms with Gasteiger partial charge in [0.05, 0.1) is 19.1 Å². The summed E-state index contributed by atoms with van der Waals surface area (Å²) in [4.78, 5) is 14.0. The van der Waals surface area contributed by atoms with Crippen LogP contribution in [-0.4, -0.2) is 28.6 Å². The second-order valence-electron chi connectivity index (χ2n) is 5.03. The third kappa shape index (κ3) is 4.45. The molecule has 0 radical (unpaired) electrons. The van der Waals surface area contributed by atoms with E-state index >= 15 is 0 Å². The van der Waals surface area contributed by atoms with Crippen LogP contribution >= 0.6 is 23.6 Å². The van der Waals surface area contributed by atoms with Crippen molar-refractivity contribution in [2.75, 3.05) is 6.54 Å². The van der Waals surface area contributed by atoms with Crippen molar-refractivity contribution in [3.05, 3.63) is 22.4 Å². The molecule has 1 saturated carbocycles. The molecule has 0 aliphatic heterocycles. The van der Waals surface area contributed by atoms with Crippen molar-refractivity contribution in [2.45, 2.75) is 44.7 Å². The number of carboxylic acids is 1. The Morgan fingerprint density at radius 1 is 1.45 bits per heavy atom. The molecule has 1 heterocycles. The summed E-state index contributed by atoms with van der Waals surface area (Å²) in [6.07, 6.45) is 5.96. The molecule has 1 aliphatic rings. The SMILES string of the molecule is O=C([O-])CNC(=S)N(Cc1cccs1)C1CCCCC1. The number of hydrogen-bond acceptors (Lipinski definition) is 4. The van der Waals surface area contributed by atoms with E-state index < -0.39 is 5.97 Å². The van der Waals surface area contributed by atoms with E-state index in [9.17, 15) is 9.90 Å². The van der Waals surface area contributed by atoms with E-state index in [0.717, 1.165) is 19.4 Å². The van der Waals surface area contributed by atoms with E-state index in [4.69, 9.17) is 12.2 Å². The van der Waals surface area contributed by atoms with Crippen molar-refractivity contribution in [3.8, 4) is 0 Å². The number of carbonyl (C=O) groups excluding carboxylic acids is 1. The first-order valence-electron chi connectivity index (χ1n) is 6.93. The maximum absolute atomic E-state index is 10.6. The summed E-state index contributed by atoms with van der Waals surface area (Å²) in [5.41, 5.74) is 0. The normalized spacial score (nSPS) is 15.8. The van der Waals surface area contributed by atoms with Crippen molar-refractivity contribution < 1.29 is 9.90 Å². The molecule has 0 saturated heterocycles. The lowest BCUT2D eigenvalue weighted by Crippen LogP contribution is -2.48. The molecule has 0 amide bonds. The lowest BCUT2D eigenvalue weighted by molar-refractivity contribution is -0.303. The monoisotopic (exact) mass is 311 g/mol. The molecule has 0 atom stereocenters. The van der Waals surface area contributed by atoms with Crippen LogP contribution in [0, 0.1) is 0 Å². The molecule has 6 heteroatoms. The highest BCUT2D eigenvalue weighted by Crippen LogP contribution is 2.25. The van der Waals surface area contributed by atoms with Gasteiger partial charge in [-0.05, 0) is 36.5 Å². The summed E-state index contributed by atoms with van der Waals surface area (Å²) in [6, 6.07) is 4.52. The fourth-order valence-electron chi connectivity index (χ4n) is 2.58. The summed E-state index contributed by atoms with van der Waals surface area (Å²) in [7, 11) is 0. The largest absolute Gasteiger partial charge is 0.548 e. The van der Waals surface area contributed by atoms with E-state index in [1.807, 2.05) is 11.4 Å². The van der Waals surface area contributed by atoms with Gasteiger partial charge in [0.1, 0.15) is 0 Å². The van der Waals surface area contributed by atoms with Gasteiger partial charge < -0.3 is 20.1 Å². The van der Waals surface area contributed by atoms with E-state index in [1.54, 1.807) is 11.3 Å². The minimum atomic E-state index is -1.13. The highest BCUT2D eigenvalue weighted by atomic mass is 32.1. The molecule has 1 aromatic rings. The maximum atomic E-state index is 10.6. The summed E-state index contributed by atoms with van der Waals surface area (Å²) >= 11 is 7.08. The second kappa shape index (κ2) is 7.59. The van der Waals surface area contributed by atoms with Gasteiger partial charge in [-0.3, -0.25) is 0 Å². The van der Waals surface area contributed by atoms with Crippen LogP contribution in [0.1, 0.15) is 37.0 Å². The molecule has 2 rings (SSSR count). The third-order valence-electron chi connectivity index (χ3n) is 3.57. The van der Waals surface area contributed by atoms with E-state index in [-0.39, 0.29) is 6.54 Å². The summed E-state index contributed by atoms with van der Waals surface area (Å²) in [5.74, 6) is -1.13. The zero-order valence-electron chi connectivity index (χ0n) is 11.3. The van der Waals surface area contributed by atoms with Crippen LogP contribution in [0.5, 0.6) is 0 Å². The van der Waals surface area contributed by atoms with Gasteiger partial charge in [0, 0.05) is 10.9 Å². The number of carboxylic acid groups (broad SMARTS) is 1. The van der Waals surface area contributed by atoms with Crippen molar-refractivity contribution in [1.82, 2.24) is 10.2 Å². The van der Waals surface area contributed by atoms with Crippen LogP contribution in [0.3, 0.4) is 0 Å². The Balaban J connectivity index is 2.01. The van der Waals surface area contributed by atoms with Crippen LogP contribution in [-0.2, 0) is 11.3 Å². The summed E-state index contributed by atoms with van der Waals surface area (Å²) < 4.78 is 0. The van der Waals surface area contributed by atoms with Gasteiger partial charge >= 0.3 is 0 Å². The molecule has 4 nitrogen and oxygen atoms in total. The number of hydrogen-bond donors (Lipinski definition) is 1. The first-order valence-corrected chi connectivity index (χ1v) is 8.22. The number of carbonyl (C=O) groups is 1. The average Bonchev–Trinajstić information content (AvgIpc) is 2.96. The molecule has 0 aromatic carbocycles. The van der Waals surface area contributed by atoms with Crippen molar-refractivity contribution in [2.24, 2.45) is 0 Å². The first kappa shape index (κ1) is 15.3.